The van der Waals surface area contributed by atoms with Gasteiger partial charge in [-0.3, -0.25) is 5.01 Å². The van der Waals surface area contributed by atoms with E-state index in [0.29, 0.717) is 17.9 Å². The molecule has 1 aliphatic heterocycles. The number of methoxy groups -OCH3 is 2. The van der Waals surface area contributed by atoms with Gasteiger partial charge in [-0.1, -0.05) is 6.07 Å². The minimum Gasteiger partial charge on any atom is -0.497 e. The molecule has 2 aromatic carbocycles. The molecule has 0 aliphatic carbocycles. The molecule has 0 saturated carbocycles. The van der Waals surface area contributed by atoms with Crippen LogP contribution in [0.5, 0.6) is 11.5 Å². The second-order valence-electron chi connectivity index (χ2n) is 6.74. The van der Waals surface area contributed by atoms with Gasteiger partial charge in [0.1, 0.15) is 11.5 Å². The normalized spacial score (nSPS) is 16.4. The molecule has 0 fully saturated rings. The minimum atomic E-state index is -3.76. The molecule has 1 unspecified atom stereocenters. The van der Waals surface area contributed by atoms with Crippen molar-refractivity contribution >= 4 is 32.8 Å². The average molecular weight is 444 g/mol. The number of nitrogens with zero attached hydrogens (tertiary/aromatic N) is 2. The van der Waals surface area contributed by atoms with Crippen molar-refractivity contribution in [3.63, 3.8) is 0 Å². The number of rotatable bonds is 6. The van der Waals surface area contributed by atoms with Crippen LogP contribution in [0.1, 0.15) is 22.9 Å². The molecule has 0 bridgehead atoms. The van der Waals surface area contributed by atoms with Crippen molar-refractivity contribution in [2.75, 3.05) is 19.2 Å². The molecule has 156 valence electrons. The number of benzene rings is 2. The van der Waals surface area contributed by atoms with Crippen LogP contribution < -0.4 is 19.6 Å². The summed E-state index contributed by atoms with van der Waals surface area (Å²) in [6.45, 7) is 0. The van der Waals surface area contributed by atoms with Crippen LogP contribution in [0.2, 0.25) is 0 Å². The van der Waals surface area contributed by atoms with E-state index in [1.165, 1.54) is 12.1 Å². The highest BCUT2D eigenvalue weighted by Gasteiger charge is 2.32. The number of nitrogens with two attached hydrogens (primary N) is 1. The van der Waals surface area contributed by atoms with E-state index in [0.717, 1.165) is 21.8 Å². The molecule has 30 heavy (non-hydrogen) atoms. The van der Waals surface area contributed by atoms with Crippen molar-refractivity contribution in [3.05, 3.63) is 70.4 Å². The van der Waals surface area contributed by atoms with Gasteiger partial charge in [0.2, 0.25) is 10.0 Å². The maximum absolute atomic E-state index is 11.6. The van der Waals surface area contributed by atoms with Gasteiger partial charge in [0.05, 0.1) is 41.4 Å². The lowest BCUT2D eigenvalue weighted by Gasteiger charge is -2.25. The maximum atomic E-state index is 11.6. The van der Waals surface area contributed by atoms with Gasteiger partial charge in [-0.25, -0.2) is 13.6 Å². The summed E-state index contributed by atoms with van der Waals surface area (Å²) in [5, 5.41) is 14.0. The summed E-state index contributed by atoms with van der Waals surface area (Å²) >= 11 is 1.63. The van der Waals surface area contributed by atoms with E-state index in [-0.39, 0.29) is 10.9 Å². The number of sulfonamides is 1. The van der Waals surface area contributed by atoms with Crippen LogP contribution in [-0.2, 0) is 10.0 Å². The molecular weight excluding hydrogens is 422 g/mol. The molecule has 1 atom stereocenters. The quantitative estimate of drug-likeness (QED) is 0.626. The first-order valence-corrected chi connectivity index (χ1v) is 11.6. The Balaban J connectivity index is 1.77. The highest BCUT2D eigenvalue weighted by molar-refractivity contribution is 7.89. The molecule has 7 nitrogen and oxygen atoms in total. The smallest absolute Gasteiger partial charge is 0.238 e. The van der Waals surface area contributed by atoms with Crippen LogP contribution in [0.25, 0.3) is 0 Å². The number of thiophene rings is 1. The van der Waals surface area contributed by atoms with E-state index in [1.807, 2.05) is 40.7 Å². The Hall–Kier alpha value is -2.88. The Bertz CT molecular complexity index is 1170. The summed E-state index contributed by atoms with van der Waals surface area (Å²) in [6.07, 6.45) is 0.681. The van der Waals surface area contributed by atoms with Crippen molar-refractivity contribution in [2.45, 2.75) is 17.4 Å². The fourth-order valence-electron chi connectivity index (χ4n) is 3.46. The lowest BCUT2D eigenvalue weighted by Crippen LogP contribution is -2.19. The molecule has 0 radical (unpaired) electrons. The third-order valence-corrected chi connectivity index (χ3v) is 6.79. The Kier molecular flexibility index (Phi) is 5.50. The van der Waals surface area contributed by atoms with Gasteiger partial charge in [0, 0.05) is 18.1 Å². The predicted octanol–water partition coefficient (Wildman–Crippen LogP) is 3.77. The van der Waals surface area contributed by atoms with Crippen LogP contribution in [0.3, 0.4) is 0 Å². The summed E-state index contributed by atoms with van der Waals surface area (Å²) in [5.74, 6) is 1.41. The molecule has 2 heterocycles. The zero-order valence-corrected chi connectivity index (χ0v) is 18.1. The van der Waals surface area contributed by atoms with E-state index in [2.05, 4.69) is 0 Å². The van der Waals surface area contributed by atoms with Gasteiger partial charge in [-0.2, -0.15) is 5.10 Å². The average Bonchev–Trinajstić information content (AvgIpc) is 3.42. The molecule has 0 spiro atoms. The SMILES string of the molecule is COc1ccc(C2CC(c3cccs3)=NN2c2ccc(S(N)(=O)=O)cc2)c(OC)c1. The number of ether oxygens (including phenoxy) is 2. The van der Waals surface area contributed by atoms with Crippen LogP contribution >= 0.6 is 11.3 Å². The molecule has 3 aromatic rings. The summed E-state index contributed by atoms with van der Waals surface area (Å²) in [4.78, 5) is 1.16. The second kappa shape index (κ2) is 8.10. The van der Waals surface area contributed by atoms with Gasteiger partial charge < -0.3 is 9.47 Å². The van der Waals surface area contributed by atoms with Crippen molar-refractivity contribution < 1.29 is 17.9 Å². The van der Waals surface area contributed by atoms with Gasteiger partial charge >= 0.3 is 0 Å². The number of hydrazone groups is 1. The van der Waals surface area contributed by atoms with Gasteiger partial charge in [0.25, 0.3) is 0 Å². The van der Waals surface area contributed by atoms with Crippen LogP contribution in [-0.4, -0.2) is 28.3 Å². The van der Waals surface area contributed by atoms with E-state index in [9.17, 15) is 8.42 Å². The first kappa shape index (κ1) is 20.4. The Labute approximate surface area is 179 Å². The second-order valence-corrected chi connectivity index (χ2v) is 9.24. The van der Waals surface area contributed by atoms with Crippen LogP contribution in [0, 0.1) is 0 Å². The topological polar surface area (TPSA) is 94.2 Å². The largest absolute Gasteiger partial charge is 0.497 e. The lowest BCUT2D eigenvalue weighted by atomic mass is 9.99. The van der Waals surface area contributed by atoms with Crippen LogP contribution in [0.15, 0.2) is 70.0 Å². The summed E-state index contributed by atoms with van der Waals surface area (Å²) in [5.41, 5.74) is 2.68. The monoisotopic (exact) mass is 443 g/mol. The molecule has 9 heteroatoms. The zero-order chi connectivity index (χ0) is 21.3. The molecular formula is C21H21N3O4S2. The molecule has 1 aliphatic rings. The first-order chi connectivity index (χ1) is 14.4. The fraction of sp³-hybridized carbons (Fsp3) is 0.190. The predicted molar refractivity (Wildman–Crippen MR) is 118 cm³/mol. The molecule has 2 N–H and O–H groups in total. The third kappa shape index (κ3) is 3.91. The Morgan fingerprint density at radius 1 is 1.10 bits per heavy atom. The molecule has 4 rings (SSSR count). The Morgan fingerprint density at radius 2 is 1.87 bits per heavy atom. The zero-order valence-electron chi connectivity index (χ0n) is 16.5. The van der Waals surface area contributed by atoms with Gasteiger partial charge in [0.15, 0.2) is 0 Å². The minimum absolute atomic E-state index is 0.0616. The number of hydrogen-bond acceptors (Lipinski definition) is 7. The maximum Gasteiger partial charge on any atom is 0.238 e. The van der Waals surface area contributed by atoms with Crippen molar-refractivity contribution in [1.29, 1.82) is 0 Å². The standard InChI is InChI=1S/C21H21N3O4S2/c1-27-15-7-10-17(20(12-15)28-2)19-13-18(21-4-3-11-29-21)23-24(19)14-5-8-16(9-6-14)30(22,25)26/h3-12,19H,13H2,1-2H3,(H2,22,25,26). The number of hydrogen-bond donors (Lipinski definition) is 1. The van der Waals surface area contributed by atoms with Gasteiger partial charge in [-0.15, -0.1) is 11.3 Å². The highest BCUT2D eigenvalue weighted by atomic mass is 32.2. The number of anilines is 1. The molecule has 0 amide bonds. The lowest BCUT2D eigenvalue weighted by molar-refractivity contribution is 0.388. The van der Waals surface area contributed by atoms with Crippen LogP contribution in [0.4, 0.5) is 5.69 Å². The van der Waals surface area contributed by atoms with E-state index < -0.39 is 10.0 Å². The van der Waals surface area contributed by atoms with E-state index in [1.54, 1.807) is 37.7 Å². The first-order valence-electron chi connectivity index (χ1n) is 9.16. The van der Waals surface area contributed by atoms with E-state index in [4.69, 9.17) is 19.7 Å². The highest BCUT2D eigenvalue weighted by Crippen LogP contribution is 2.41. The summed E-state index contributed by atoms with van der Waals surface area (Å²) < 4.78 is 34.2. The van der Waals surface area contributed by atoms with Crippen molar-refractivity contribution in [1.82, 2.24) is 0 Å². The van der Waals surface area contributed by atoms with Crippen molar-refractivity contribution in [3.8, 4) is 11.5 Å². The Morgan fingerprint density at radius 3 is 2.47 bits per heavy atom. The summed E-state index contributed by atoms with van der Waals surface area (Å²) in [7, 11) is -0.523. The number of primary sulfonamides is 1. The third-order valence-electron chi connectivity index (χ3n) is 4.95. The van der Waals surface area contributed by atoms with Gasteiger partial charge in [-0.05, 0) is 47.8 Å². The molecule has 1 aromatic heterocycles. The van der Waals surface area contributed by atoms with Crippen molar-refractivity contribution in [2.24, 2.45) is 10.2 Å². The molecule has 0 saturated heterocycles. The fourth-order valence-corrected chi connectivity index (χ4v) is 4.70. The summed E-state index contributed by atoms with van der Waals surface area (Å²) in [6, 6.07) is 16.0. The van der Waals surface area contributed by atoms with E-state index >= 15 is 0 Å².